The van der Waals surface area contributed by atoms with Crippen LogP contribution in [-0.4, -0.2) is 24.4 Å². The Morgan fingerprint density at radius 1 is 1.53 bits per heavy atom. The lowest BCUT2D eigenvalue weighted by molar-refractivity contribution is 0.112. The van der Waals surface area contributed by atoms with Crippen LogP contribution in [0.3, 0.4) is 0 Å². The summed E-state index contributed by atoms with van der Waals surface area (Å²) >= 11 is 1.74. The molecule has 0 saturated heterocycles. The largest absolute Gasteiger partial charge is 0.490 e. The van der Waals surface area contributed by atoms with Gasteiger partial charge in [0.25, 0.3) is 0 Å². The van der Waals surface area contributed by atoms with Gasteiger partial charge in [-0.25, -0.2) is 4.39 Å². The third-order valence-electron chi connectivity index (χ3n) is 1.78. The van der Waals surface area contributed by atoms with Crippen molar-refractivity contribution >= 4 is 18.0 Å². The van der Waals surface area contributed by atoms with Gasteiger partial charge >= 0.3 is 0 Å². The summed E-state index contributed by atoms with van der Waals surface area (Å²) in [7, 11) is 0. The van der Waals surface area contributed by atoms with Gasteiger partial charge in [0.15, 0.2) is 11.6 Å². The first-order chi connectivity index (χ1) is 7.27. The zero-order valence-electron chi connectivity index (χ0n) is 8.53. The Kier molecular flexibility index (Phi) is 5.18. The molecule has 0 saturated carbocycles. The molecule has 82 valence electrons. The number of ether oxygens (including phenoxy) is 1. The summed E-state index contributed by atoms with van der Waals surface area (Å²) in [5.41, 5.74) is 0.322. The highest BCUT2D eigenvalue weighted by molar-refractivity contribution is 7.99. The second kappa shape index (κ2) is 6.45. The van der Waals surface area contributed by atoms with Crippen molar-refractivity contribution in [2.45, 2.75) is 6.92 Å². The average molecular weight is 228 g/mol. The molecule has 1 aromatic rings. The number of rotatable bonds is 6. The molecular formula is C11H13FO2S. The third-order valence-corrected chi connectivity index (χ3v) is 2.64. The summed E-state index contributed by atoms with van der Waals surface area (Å²) in [4.78, 5) is 10.4. The van der Waals surface area contributed by atoms with Crippen LogP contribution in [-0.2, 0) is 0 Å². The van der Waals surface area contributed by atoms with E-state index in [1.54, 1.807) is 17.8 Å². The van der Waals surface area contributed by atoms with Gasteiger partial charge in [-0.1, -0.05) is 6.92 Å². The summed E-state index contributed by atoms with van der Waals surface area (Å²) in [5.74, 6) is 1.58. The van der Waals surface area contributed by atoms with Crippen LogP contribution in [0.5, 0.6) is 5.75 Å². The molecule has 1 rings (SSSR count). The van der Waals surface area contributed by atoms with Crippen molar-refractivity contribution in [3.8, 4) is 5.75 Å². The Labute approximate surface area is 92.8 Å². The van der Waals surface area contributed by atoms with Gasteiger partial charge in [-0.2, -0.15) is 11.8 Å². The molecule has 0 N–H and O–H groups in total. The van der Waals surface area contributed by atoms with E-state index in [4.69, 9.17) is 4.74 Å². The fourth-order valence-electron chi connectivity index (χ4n) is 1.06. The molecule has 0 aliphatic rings. The smallest absolute Gasteiger partial charge is 0.165 e. The maximum atomic E-state index is 13.3. The number of carbonyl (C=O) groups excluding carboxylic acids is 1. The monoisotopic (exact) mass is 228 g/mol. The number of carbonyl (C=O) groups is 1. The van der Waals surface area contributed by atoms with Crippen molar-refractivity contribution in [3.05, 3.63) is 29.6 Å². The number of hydrogen-bond donors (Lipinski definition) is 0. The Bertz CT molecular complexity index is 328. The van der Waals surface area contributed by atoms with Crippen LogP contribution in [0.2, 0.25) is 0 Å². The molecule has 0 unspecified atom stereocenters. The minimum Gasteiger partial charge on any atom is -0.490 e. The number of halogens is 1. The van der Waals surface area contributed by atoms with E-state index in [-0.39, 0.29) is 5.75 Å². The SMILES string of the molecule is CCSCCOc1ccc(C=O)cc1F. The Hall–Kier alpha value is -1.03. The van der Waals surface area contributed by atoms with Crippen molar-refractivity contribution in [2.75, 3.05) is 18.1 Å². The van der Waals surface area contributed by atoms with Crippen LogP contribution in [0.1, 0.15) is 17.3 Å². The van der Waals surface area contributed by atoms with Crippen LogP contribution in [0, 0.1) is 5.82 Å². The summed E-state index contributed by atoms with van der Waals surface area (Å²) in [6.07, 6.45) is 0.611. The highest BCUT2D eigenvalue weighted by Crippen LogP contribution is 2.17. The van der Waals surface area contributed by atoms with E-state index in [0.717, 1.165) is 11.5 Å². The normalized spacial score (nSPS) is 10.0. The molecule has 4 heteroatoms. The van der Waals surface area contributed by atoms with E-state index < -0.39 is 5.82 Å². The lowest BCUT2D eigenvalue weighted by Crippen LogP contribution is -2.02. The standard InChI is InChI=1S/C11H13FO2S/c1-2-15-6-5-14-11-4-3-9(8-13)7-10(11)12/h3-4,7-8H,2,5-6H2,1H3. The second-order valence-electron chi connectivity index (χ2n) is 2.85. The van der Waals surface area contributed by atoms with Gasteiger partial charge in [0.2, 0.25) is 0 Å². The molecule has 0 aliphatic heterocycles. The first kappa shape index (κ1) is 12.0. The number of hydrogen-bond acceptors (Lipinski definition) is 3. The van der Waals surface area contributed by atoms with E-state index in [0.29, 0.717) is 18.5 Å². The van der Waals surface area contributed by atoms with Crippen LogP contribution in [0.4, 0.5) is 4.39 Å². The van der Waals surface area contributed by atoms with Crippen molar-refractivity contribution < 1.29 is 13.9 Å². The molecule has 15 heavy (non-hydrogen) atoms. The fraction of sp³-hybridized carbons (Fsp3) is 0.364. The molecule has 0 amide bonds. The van der Waals surface area contributed by atoms with Gasteiger partial charge in [0.1, 0.15) is 6.29 Å². The molecular weight excluding hydrogens is 215 g/mol. The molecule has 0 radical (unpaired) electrons. The molecule has 2 nitrogen and oxygen atoms in total. The molecule has 1 aromatic carbocycles. The highest BCUT2D eigenvalue weighted by atomic mass is 32.2. The van der Waals surface area contributed by atoms with Gasteiger partial charge in [-0.3, -0.25) is 4.79 Å². The van der Waals surface area contributed by atoms with Crippen molar-refractivity contribution in [3.63, 3.8) is 0 Å². The quantitative estimate of drug-likeness (QED) is 0.553. The molecule has 0 aliphatic carbocycles. The van der Waals surface area contributed by atoms with Crippen LogP contribution >= 0.6 is 11.8 Å². The molecule has 0 spiro atoms. The molecule has 0 atom stereocenters. The minimum absolute atomic E-state index is 0.206. The Morgan fingerprint density at radius 3 is 2.93 bits per heavy atom. The van der Waals surface area contributed by atoms with Crippen LogP contribution in [0.25, 0.3) is 0 Å². The van der Waals surface area contributed by atoms with Crippen molar-refractivity contribution in [1.82, 2.24) is 0 Å². The number of aldehydes is 1. The summed E-state index contributed by atoms with van der Waals surface area (Å²) < 4.78 is 18.5. The molecule has 0 heterocycles. The van der Waals surface area contributed by atoms with Gasteiger partial charge in [0, 0.05) is 11.3 Å². The van der Waals surface area contributed by atoms with Gasteiger partial charge in [-0.05, 0) is 24.0 Å². The van der Waals surface area contributed by atoms with Crippen molar-refractivity contribution in [2.24, 2.45) is 0 Å². The first-order valence-corrected chi connectivity index (χ1v) is 5.88. The average Bonchev–Trinajstić information content (AvgIpc) is 2.26. The van der Waals surface area contributed by atoms with E-state index in [1.807, 2.05) is 0 Å². The second-order valence-corrected chi connectivity index (χ2v) is 4.25. The van der Waals surface area contributed by atoms with Gasteiger partial charge in [-0.15, -0.1) is 0 Å². The maximum absolute atomic E-state index is 13.3. The fourth-order valence-corrected chi connectivity index (χ4v) is 1.55. The third kappa shape index (κ3) is 3.91. The number of thioether (sulfide) groups is 1. The molecule has 0 fully saturated rings. The van der Waals surface area contributed by atoms with Crippen LogP contribution in [0.15, 0.2) is 18.2 Å². The zero-order chi connectivity index (χ0) is 11.1. The van der Waals surface area contributed by atoms with Gasteiger partial charge < -0.3 is 4.74 Å². The van der Waals surface area contributed by atoms with Gasteiger partial charge in [0.05, 0.1) is 6.61 Å². The number of benzene rings is 1. The maximum Gasteiger partial charge on any atom is 0.165 e. The van der Waals surface area contributed by atoms with E-state index in [9.17, 15) is 9.18 Å². The molecule has 0 bridgehead atoms. The van der Waals surface area contributed by atoms with E-state index in [1.165, 1.54) is 12.1 Å². The summed E-state index contributed by atoms with van der Waals surface area (Å²) in [6.45, 7) is 2.54. The zero-order valence-corrected chi connectivity index (χ0v) is 9.35. The van der Waals surface area contributed by atoms with E-state index in [2.05, 4.69) is 6.92 Å². The predicted octanol–water partition coefficient (Wildman–Crippen LogP) is 2.77. The first-order valence-electron chi connectivity index (χ1n) is 4.73. The van der Waals surface area contributed by atoms with Crippen LogP contribution < -0.4 is 4.74 Å². The molecule has 0 aromatic heterocycles. The lowest BCUT2D eigenvalue weighted by Gasteiger charge is -2.06. The Balaban J connectivity index is 2.50. The minimum atomic E-state index is -0.485. The summed E-state index contributed by atoms with van der Waals surface area (Å²) in [5, 5.41) is 0. The predicted molar refractivity (Wildman–Crippen MR) is 60.3 cm³/mol. The lowest BCUT2D eigenvalue weighted by atomic mass is 10.2. The summed E-state index contributed by atoms with van der Waals surface area (Å²) in [6, 6.07) is 4.20. The Morgan fingerprint density at radius 2 is 2.33 bits per heavy atom. The van der Waals surface area contributed by atoms with Crippen molar-refractivity contribution in [1.29, 1.82) is 0 Å². The van der Waals surface area contributed by atoms with E-state index >= 15 is 0 Å². The topological polar surface area (TPSA) is 26.3 Å². The highest BCUT2D eigenvalue weighted by Gasteiger charge is 2.03.